The van der Waals surface area contributed by atoms with Crippen LogP contribution in [0.5, 0.6) is 0 Å². The lowest BCUT2D eigenvalue weighted by Gasteiger charge is -2.22. The summed E-state index contributed by atoms with van der Waals surface area (Å²) in [5, 5.41) is 2.83. The molecule has 0 saturated carbocycles. The first-order valence-corrected chi connectivity index (χ1v) is 11.4. The Labute approximate surface area is 181 Å². The fraction of sp³-hybridized carbons (Fsp3) is 0.333. The molecule has 0 bridgehead atoms. The van der Waals surface area contributed by atoms with Gasteiger partial charge in [-0.2, -0.15) is 0 Å². The van der Waals surface area contributed by atoms with Gasteiger partial charge in [0.15, 0.2) is 0 Å². The monoisotopic (exact) mass is 446 g/mol. The quantitative estimate of drug-likeness (QED) is 0.501. The van der Waals surface area contributed by atoms with Gasteiger partial charge in [0.25, 0.3) is 5.91 Å². The van der Waals surface area contributed by atoms with Crippen LogP contribution in [-0.2, 0) is 14.8 Å². The van der Waals surface area contributed by atoms with Gasteiger partial charge in [0.2, 0.25) is 15.9 Å². The van der Waals surface area contributed by atoms with E-state index in [9.17, 15) is 18.0 Å². The van der Waals surface area contributed by atoms with Crippen molar-refractivity contribution in [2.24, 2.45) is 5.73 Å². The van der Waals surface area contributed by atoms with Crippen LogP contribution in [0.1, 0.15) is 33.6 Å². The summed E-state index contributed by atoms with van der Waals surface area (Å²) in [6.45, 7) is 2.13. The van der Waals surface area contributed by atoms with Gasteiger partial charge in [-0.3, -0.25) is 9.59 Å². The average Bonchev–Trinajstić information content (AvgIpc) is 3.28. The molecule has 0 spiro atoms. The number of hydrogen-bond donors (Lipinski definition) is 3. The van der Waals surface area contributed by atoms with Gasteiger partial charge < -0.3 is 20.7 Å². The van der Waals surface area contributed by atoms with Gasteiger partial charge in [0.1, 0.15) is 0 Å². The maximum atomic E-state index is 12.8. The largest absolute Gasteiger partial charge is 0.383 e. The lowest BCUT2D eigenvalue weighted by Crippen LogP contribution is -2.27. The number of amides is 2. The van der Waals surface area contributed by atoms with Crippen LogP contribution in [-0.4, -0.2) is 53.6 Å². The Bertz CT molecular complexity index is 1050. The summed E-state index contributed by atoms with van der Waals surface area (Å²) in [6, 6.07) is 10.6. The highest BCUT2D eigenvalue weighted by atomic mass is 32.2. The molecule has 4 N–H and O–H groups in total. The molecule has 10 heteroatoms. The fourth-order valence-corrected chi connectivity index (χ4v) is 4.38. The van der Waals surface area contributed by atoms with Gasteiger partial charge in [-0.25, -0.2) is 13.1 Å². The van der Waals surface area contributed by atoms with E-state index in [1.54, 1.807) is 18.2 Å². The van der Waals surface area contributed by atoms with Crippen LogP contribution in [0.3, 0.4) is 0 Å². The highest BCUT2D eigenvalue weighted by Crippen LogP contribution is 2.30. The number of benzene rings is 2. The molecule has 9 nitrogen and oxygen atoms in total. The molecule has 2 aromatic carbocycles. The van der Waals surface area contributed by atoms with E-state index in [1.807, 2.05) is 0 Å². The van der Waals surface area contributed by atoms with Crippen molar-refractivity contribution in [1.29, 1.82) is 0 Å². The Morgan fingerprint density at radius 3 is 2.32 bits per heavy atom. The third-order valence-electron chi connectivity index (χ3n) is 5.00. The van der Waals surface area contributed by atoms with Crippen molar-refractivity contribution in [3.8, 4) is 0 Å². The Hall–Kier alpha value is -2.95. The number of rotatable bonds is 9. The van der Waals surface area contributed by atoms with Crippen LogP contribution >= 0.6 is 0 Å². The van der Waals surface area contributed by atoms with E-state index < -0.39 is 21.8 Å². The Kier molecular flexibility index (Phi) is 7.26. The number of carbonyl (C=O) groups excluding carboxylic acids is 2. The van der Waals surface area contributed by atoms with Gasteiger partial charge in [-0.1, -0.05) is 0 Å². The summed E-state index contributed by atoms with van der Waals surface area (Å²) in [4.78, 5) is 26.6. The molecule has 0 aromatic heterocycles. The molecule has 166 valence electrons. The van der Waals surface area contributed by atoms with Crippen LogP contribution in [0.2, 0.25) is 0 Å². The van der Waals surface area contributed by atoms with Gasteiger partial charge in [-0.05, 0) is 55.3 Å². The number of nitrogens with zero attached hydrogens (tertiary/aromatic N) is 1. The Balaban J connectivity index is 1.79. The lowest BCUT2D eigenvalue weighted by molar-refractivity contribution is 0.0996. The second-order valence-electron chi connectivity index (χ2n) is 7.16. The molecule has 2 aromatic rings. The SMILES string of the molecule is COCCNS(=O)(=O)c1ccc(C(=O)Nc2cc(C(N)=O)ccc2N2CCCC2)cc1. The number of carbonyl (C=O) groups is 2. The van der Waals surface area contributed by atoms with Crippen molar-refractivity contribution in [3.63, 3.8) is 0 Å². The second kappa shape index (κ2) is 9.90. The molecular formula is C21H26N4O5S. The number of anilines is 2. The van der Waals surface area contributed by atoms with E-state index in [1.165, 1.54) is 31.4 Å². The van der Waals surface area contributed by atoms with Crippen molar-refractivity contribution in [1.82, 2.24) is 4.72 Å². The third-order valence-corrected chi connectivity index (χ3v) is 6.48. The lowest BCUT2D eigenvalue weighted by atomic mass is 10.1. The molecule has 31 heavy (non-hydrogen) atoms. The first-order chi connectivity index (χ1) is 14.8. The molecule has 0 radical (unpaired) electrons. The summed E-state index contributed by atoms with van der Waals surface area (Å²) < 4.78 is 31.8. The van der Waals surface area contributed by atoms with Crippen molar-refractivity contribution < 1.29 is 22.7 Å². The van der Waals surface area contributed by atoms with Crippen LogP contribution in [0.25, 0.3) is 0 Å². The van der Waals surface area contributed by atoms with Gasteiger partial charge in [-0.15, -0.1) is 0 Å². The van der Waals surface area contributed by atoms with E-state index in [-0.39, 0.29) is 23.6 Å². The minimum absolute atomic E-state index is 0.0497. The first-order valence-electron chi connectivity index (χ1n) is 9.90. The molecule has 3 rings (SSSR count). The van der Waals surface area contributed by atoms with E-state index >= 15 is 0 Å². The number of nitrogens with one attached hydrogen (secondary N) is 2. The standard InChI is InChI=1S/C21H26N4O5S/c1-30-13-10-23-31(28,29)17-7-4-15(5-8-17)21(27)24-18-14-16(20(22)26)6-9-19(18)25-11-2-3-12-25/h4-9,14,23H,2-3,10-13H2,1H3,(H2,22,26)(H,24,27). The summed E-state index contributed by atoms with van der Waals surface area (Å²) in [5.41, 5.74) is 7.28. The Morgan fingerprint density at radius 2 is 1.71 bits per heavy atom. The molecule has 0 atom stereocenters. The second-order valence-corrected chi connectivity index (χ2v) is 8.93. The van der Waals surface area contributed by atoms with Gasteiger partial charge >= 0.3 is 0 Å². The molecule has 1 heterocycles. The summed E-state index contributed by atoms with van der Waals surface area (Å²) in [5.74, 6) is -1.00. The van der Waals surface area contributed by atoms with Crippen LogP contribution < -0.4 is 20.7 Å². The normalized spacial score (nSPS) is 13.9. The molecule has 2 amide bonds. The topological polar surface area (TPSA) is 131 Å². The number of ether oxygens (including phenoxy) is 1. The van der Waals surface area contributed by atoms with E-state index in [2.05, 4.69) is 14.9 Å². The minimum atomic E-state index is -3.69. The molecule has 1 aliphatic rings. The fourth-order valence-electron chi connectivity index (χ4n) is 3.36. The van der Waals surface area contributed by atoms with Crippen LogP contribution in [0.15, 0.2) is 47.4 Å². The van der Waals surface area contributed by atoms with Crippen LogP contribution in [0, 0.1) is 0 Å². The number of sulfonamides is 1. The molecule has 0 aliphatic carbocycles. The number of primary amides is 1. The van der Waals surface area contributed by atoms with Crippen molar-refractivity contribution in [2.75, 3.05) is 43.6 Å². The zero-order valence-electron chi connectivity index (χ0n) is 17.3. The average molecular weight is 447 g/mol. The number of nitrogens with two attached hydrogens (primary N) is 1. The molecule has 1 aliphatic heterocycles. The minimum Gasteiger partial charge on any atom is -0.383 e. The van der Waals surface area contributed by atoms with Crippen molar-refractivity contribution >= 4 is 33.2 Å². The van der Waals surface area contributed by atoms with Crippen molar-refractivity contribution in [3.05, 3.63) is 53.6 Å². The maximum Gasteiger partial charge on any atom is 0.255 e. The van der Waals surface area contributed by atoms with Crippen LogP contribution in [0.4, 0.5) is 11.4 Å². The first kappa shape index (κ1) is 22.7. The molecule has 0 unspecified atom stereocenters. The summed E-state index contributed by atoms with van der Waals surface area (Å²) in [6.07, 6.45) is 2.11. The van der Waals surface area contributed by atoms with Gasteiger partial charge in [0.05, 0.1) is 22.9 Å². The molecular weight excluding hydrogens is 420 g/mol. The summed E-state index contributed by atoms with van der Waals surface area (Å²) >= 11 is 0. The molecule has 1 saturated heterocycles. The predicted octanol–water partition coefficient (Wildman–Crippen LogP) is 1.56. The highest BCUT2D eigenvalue weighted by molar-refractivity contribution is 7.89. The van der Waals surface area contributed by atoms with E-state index in [4.69, 9.17) is 10.5 Å². The Morgan fingerprint density at radius 1 is 1.06 bits per heavy atom. The predicted molar refractivity (Wildman–Crippen MR) is 118 cm³/mol. The molecule has 1 fully saturated rings. The number of methoxy groups -OCH3 is 1. The van der Waals surface area contributed by atoms with Gasteiger partial charge in [0, 0.05) is 37.9 Å². The van der Waals surface area contributed by atoms with E-state index in [0.29, 0.717) is 11.3 Å². The highest BCUT2D eigenvalue weighted by Gasteiger charge is 2.20. The maximum absolute atomic E-state index is 12.8. The third kappa shape index (κ3) is 5.60. The zero-order chi connectivity index (χ0) is 22.4. The smallest absolute Gasteiger partial charge is 0.255 e. The van der Waals surface area contributed by atoms with Crippen molar-refractivity contribution in [2.45, 2.75) is 17.7 Å². The zero-order valence-corrected chi connectivity index (χ0v) is 18.1. The van der Waals surface area contributed by atoms with E-state index in [0.717, 1.165) is 31.6 Å². The summed E-state index contributed by atoms with van der Waals surface area (Å²) in [7, 11) is -2.20. The number of hydrogen-bond acceptors (Lipinski definition) is 6.